The predicted octanol–water partition coefficient (Wildman–Crippen LogP) is 2.38. The first-order valence-corrected chi connectivity index (χ1v) is 7.14. The van der Waals surface area contributed by atoms with E-state index in [1.165, 1.54) is 23.5 Å². The fraction of sp³-hybridized carbons (Fsp3) is 0.400. The summed E-state index contributed by atoms with van der Waals surface area (Å²) in [5.74, 6) is 0. The number of sulfonamides is 1. The fourth-order valence-electron chi connectivity index (χ4n) is 1.22. The van der Waals surface area contributed by atoms with Gasteiger partial charge in [-0.1, -0.05) is 29.3 Å². The summed E-state index contributed by atoms with van der Waals surface area (Å²) in [7, 11) is -2.20. The molecule has 1 aromatic rings. The lowest BCUT2D eigenvalue weighted by molar-refractivity contribution is 0.394. The summed E-state index contributed by atoms with van der Waals surface area (Å²) in [6, 6.07) is 4.19. The Morgan fingerprint density at radius 3 is 2.44 bits per heavy atom. The molecule has 18 heavy (non-hydrogen) atoms. The summed E-state index contributed by atoms with van der Waals surface area (Å²) >= 11 is 11.7. The number of nitrogens with two attached hydrogens (primary N) is 1. The first-order chi connectivity index (χ1) is 7.82. The van der Waals surface area contributed by atoms with Crippen LogP contribution in [0.2, 0.25) is 10.0 Å². The van der Waals surface area contributed by atoms with Crippen LogP contribution in [0.1, 0.15) is 6.92 Å². The minimum atomic E-state index is -3.67. The molecule has 104 valence electrons. The first-order valence-electron chi connectivity index (χ1n) is 4.94. The van der Waals surface area contributed by atoms with Gasteiger partial charge in [-0.05, 0) is 19.1 Å². The van der Waals surface area contributed by atoms with Crippen LogP contribution in [-0.2, 0) is 10.0 Å². The highest BCUT2D eigenvalue weighted by molar-refractivity contribution is 7.89. The predicted molar refractivity (Wildman–Crippen MR) is 77.2 cm³/mol. The van der Waals surface area contributed by atoms with Crippen LogP contribution in [0.3, 0.4) is 0 Å². The minimum absolute atomic E-state index is 0. The van der Waals surface area contributed by atoms with Crippen molar-refractivity contribution in [2.45, 2.75) is 17.9 Å². The Morgan fingerprint density at radius 1 is 1.39 bits per heavy atom. The van der Waals surface area contributed by atoms with Gasteiger partial charge < -0.3 is 5.73 Å². The molecule has 4 nitrogen and oxygen atoms in total. The van der Waals surface area contributed by atoms with Crippen molar-refractivity contribution >= 4 is 45.6 Å². The molecule has 0 aliphatic carbocycles. The van der Waals surface area contributed by atoms with Gasteiger partial charge in [0.2, 0.25) is 10.0 Å². The van der Waals surface area contributed by atoms with E-state index in [1.54, 1.807) is 13.0 Å². The molecule has 0 aliphatic rings. The molecule has 0 heterocycles. The number of halogens is 3. The molecule has 2 N–H and O–H groups in total. The highest BCUT2D eigenvalue weighted by Gasteiger charge is 2.27. The molecular weight excluding hydrogens is 319 g/mol. The van der Waals surface area contributed by atoms with Gasteiger partial charge in [-0.2, -0.15) is 4.31 Å². The van der Waals surface area contributed by atoms with Crippen molar-refractivity contribution in [3.63, 3.8) is 0 Å². The van der Waals surface area contributed by atoms with Crippen LogP contribution in [0.15, 0.2) is 23.1 Å². The van der Waals surface area contributed by atoms with E-state index in [1.807, 2.05) is 0 Å². The van der Waals surface area contributed by atoms with Crippen LogP contribution < -0.4 is 5.73 Å². The number of benzene rings is 1. The zero-order valence-electron chi connectivity index (χ0n) is 9.93. The normalized spacial score (nSPS) is 13.2. The third-order valence-corrected chi connectivity index (χ3v) is 5.48. The van der Waals surface area contributed by atoms with Gasteiger partial charge in [0.1, 0.15) is 4.90 Å². The van der Waals surface area contributed by atoms with Crippen molar-refractivity contribution in [3.8, 4) is 0 Å². The average Bonchev–Trinajstić information content (AvgIpc) is 2.30. The number of hydrogen-bond donors (Lipinski definition) is 1. The van der Waals surface area contributed by atoms with Crippen LogP contribution in [0.25, 0.3) is 0 Å². The summed E-state index contributed by atoms with van der Waals surface area (Å²) < 4.78 is 25.7. The van der Waals surface area contributed by atoms with E-state index < -0.39 is 10.0 Å². The number of nitrogens with zero attached hydrogens (tertiary/aromatic N) is 1. The molecule has 0 bridgehead atoms. The lowest BCUT2D eigenvalue weighted by atomic mass is 10.4. The Kier molecular flexibility index (Phi) is 6.92. The maximum Gasteiger partial charge on any atom is 0.244 e. The fourth-order valence-corrected chi connectivity index (χ4v) is 3.33. The molecule has 0 aliphatic heterocycles. The van der Waals surface area contributed by atoms with Gasteiger partial charge in [0.15, 0.2) is 0 Å². The summed E-state index contributed by atoms with van der Waals surface area (Å²) in [6.45, 7) is 1.95. The molecular formula is C10H15Cl3N2O2S. The molecule has 1 unspecified atom stereocenters. The molecule has 8 heteroatoms. The second-order valence-corrected chi connectivity index (χ2v) is 6.41. The Morgan fingerprint density at radius 2 is 1.94 bits per heavy atom. The van der Waals surface area contributed by atoms with Crippen molar-refractivity contribution in [1.29, 1.82) is 0 Å². The lowest BCUT2D eigenvalue weighted by Gasteiger charge is -2.23. The number of rotatable bonds is 4. The van der Waals surface area contributed by atoms with Crippen molar-refractivity contribution in [2.75, 3.05) is 13.6 Å². The smallest absolute Gasteiger partial charge is 0.244 e. The topological polar surface area (TPSA) is 63.4 Å². The van der Waals surface area contributed by atoms with Crippen molar-refractivity contribution in [1.82, 2.24) is 4.31 Å². The molecule has 0 saturated heterocycles. The van der Waals surface area contributed by atoms with Gasteiger partial charge in [0, 0.05) is 19.6 Å². The Hall–Kier alpha value is -0.0400. The maximum atomic E-state index is 12.2. The Bertz CT molecular complexity index is 508. The second kappa shape index (κ2) is 6.93. The van der Waals surface area contributed by atoms with Crippen LogP contribution in [0, 0.1) is 0 Å². The van der Waals surface area contributed by atoms with Crippen molar-refractivity contribution < 1.29 is 8.42 Å². The summed E-state index contributed by atoms with van der Waals surface area (Å²) in [4.78, 5) is -0.00512. The summed E-state index contributed by atoms with van der Waals surface area (Å²) in [5.41, 5.74) is 5.45. The molecule has 0 radical (unpaired) electrons. The van der Waals surface area contributed by atoms with E-state index in [9.17, 15) is 8.42 Å². The van der Waals surface area contributed by atoms with E-state index in [0.717, 1.165) is 0 Å². The molecule has 0 spiro atoms. The molecule has 1 aromatic carbocycles. The van der Waals surface area contributed by atoms with Gasteiger partial charge in [-0.25, -0.2) is 8.42 Å². The second-order valence-electron chi connectivity index (χ2n) is 3.66. The van der Waals surface area contributed by atoms with E-state index in [-0.39, 0.29) is 39.9 Å². The minimum Gasteiger partial charge on any atom is -0.329 e. The maximum absolute atomic E-state index is 12.2. The van der Waals surface area contributed by atoms with E-state index >= 15 is 0 Å². The van der Waals surface area contributed by atoms with Gasteiger partial charge in [-0.15, -0.1) is 12.4 Å². The summed E-state index contributed by atoms with van der Waals surface area (Å²) in [5, 5.41) is 0.242. The van der Waals surface area contributed by atoms with Crippen LogP contribution in [0.5, 0.6) is 0 Å². The van der Waals surface area contributed by atoms with E-state index in [2.05, 4.69) is 0 Å². The molecule has 1 rings (SSSR count). The third-order valence-electron chi connectivity index (χ3n) is 2.54. The average molecular weight is 334 g/mol. The molecule has 1 atom stereocenters. The van der Waals surface area contributed by atoms with Crippen molar-refractivity contribution in [2.24, 2.45) is 5.73 Å². The highest BCUT2D eigenvalue weighted by atomic mass is 35.5. The monoisotopic (exact) mass is 332 g/mol. The highest BCUT2D eigenvalue weighted by Crippen LogP contribution is 2.30. The summed E-state index contributed by atoms with van der Waals surface area (Å²) in [6.07, 6.45) is 0. The SMILES string of the molecule is CC(CN)N(C)S(=O)(=O)c1cccc(Cl)c1Cl.Cl. The van der Waals surface area contributed by atoms with Gasteiger partial charge in [-0.3, -0.25) is 0 Å². The molecule has 0 amide bonds. The van der Waals surface area contributed by atoms with Crippen LogP contribution in [0.4, 0.5) is 0 Å². The largest absolute Gasteiger partial charge is 0.329 e. The quantitative estimate of drug-likeness (QED) is 0.920. The van der Waals surface area contributed by atoms with Crippen LogP contribution >= 0.6 is 35.6 Å². The zero-order valence-corrected chi connectivity index (χ0v) is 13.1. The number of hydrogen-bond acceptors (Lipinski definition) is 3. The third kappa shape index (κ3) is 3.50. The molecule has 0 saturated carbocycles. The van der Waals surface area contributed by atoms with E-state index in [0.29, 0.717) is 0 Å². The zero-order chi connectivity index (χ0) is 13.2. The van der Waals surface area contributed by atoms with E-state index in [4.69, 9.17) is 28.9 Å². The Balaban J connectivity index is 0.00000289. The van der Waals surface area contributed by atoms with Gasteiger partial charge >= 0.3 is 0 Å². The first kappa shape index (κ1) is 18.0. The standard InChI is InChI=1S/C10H14Cl2N2O2S.ClH/c1-7(6-13)14(2)17(15,16)9-5-3-4-8(11)10(9)12;/h3-5,7H,6,13H2,1-2H3;1H. The van der Waals surface area contributed by atoms with Crippen LogP contribution in [-0.4, -0.2) is 32.4 Å². The van der Waals surface area contributed by atoms with Gasteiger partial charge in [0.25, 0.3) is 0 Å². The molecule has 0 fully saturated rings. The molecule has 0 aromatic heterocycles. The lowest BCUT2D eigenvalue weighted by Crippen LogP contribution is -2.39. The van der Waals surface area contributed by atoms with Gasteiger partial charge in [0.05, 0.1) is 10.0 Å². The number of likely N-dealkylation sites (N-methyl/N-ethyl adjacent to an activating group) is 1. The van der Waals surface area contributed by atoms with Crippen molar-refractivity contribution in [3.05, 3.63) is 28.2 Å². The Labute approximate surface area is 124 Å².